The second kappa shape index (κ2) is 6.24. The molecule has 1 aliphatic rings. The molecular weight excluding hydrogens is 202 g/mol. The second-order valence-corrected chi connectivity index (χ2v) is 5.40. The van der Waals surface area contributed by atoms with Gasteiger partial charge in [-0.2, -0.15) is 0 Å². The monoisotopic (exact) mass is 227 g/mol. The van der Waals surface area contributed by atoms with Gasteiger partial charge in [-0.05, 0) is 24.7 Å². The van der Waals surface area contributed by atoms with Gasteiger partial charge in [-0.25, -0.2) is 0 Å². The minimum absolute atomic E-state index is 0.0362. The number of aliphatic hydroxyl groups is 1. The Morgan fingerprint density at radius 2 is 1.94 bits per heavy atom. The largest absolute Gasteiger partial charge is 0.396 e. The predicted octanol–water partition coefficient (Wildman–Crippen LogP) is 1.90. The van der Waals surface area contributed by atoms with E-state index in [1.165, 1.54) is 25.7 Å². The molecule has 1 atom stereocenters. The first-order valence-corrected chi connectivity index (χ1v) is 6.42. The number of rotatable bonds is 5. The van der Waals surface area contributed by atoms with Crippen LogP contribution in [0.4, 0.5) is 0 Å². The summed E-state index contributed by atoms with van der Waals surface area (Å²) in [6, 6.07) is 0. The molecule has 1 amide bonds. The number of hydrogen-bond acceptors (Lipinski definition) is 2. The van der Waals surface area contributed by atoms with Gasteiger partial charge in [0.15, 0.2) is 0 Å². The zero-order valence-electron chi connectivity index (χ0n) is 10.8. The molecule has 0 heterocycles. The Bertz CT molecular complexity index is 222. The van der Waals surface area contributed by atoms with Crippen molar-refractivity contribution in [1.29, 1.82) is 0 Å². The van der Waals surface area contributed by atoms with Gasteiger partial charge in [-0.15, -0.1) is 0 Å². The van der Waals surface area contributed by atoms with E-state index in [-0.39, 0.29) is 24.3 Å². The molecule has 0 aliphatic heterocycles. The average molecular weight is 227 g/mol. The molecule has 1 unspecified atom stereocenters. The van der Waals surface area contributed by atoms with Gasteiger partial charge in [0.05, 0.1) is 12.5 Å². The van der Waals surface area contributed by atoms with Crippen LogP contribution in [0.15, 0.2) is 0 Å². The summed E-state index contributed by atoms with van der Waals surface area (Å²) in [5.41, 5.74) is 0. The summed E-state index contributed by atoms with van der Waals surface area (Å²) >= 11 is 0. The quantitative estimate of drug-likeness (QED) is 0.779. The summed E-state index contributed by atoms with van der Waals surface area (Å²) < 4.78 is 0. The van der Waals surface area contributed by atoms with E-state index < -0.39 is 0 Å². The highest BCUT2D eigenvalue weighted by Crippen LogP contribution is 2.25. The van der Waals surface area contributed by atoms with E-state index in [2.05, 4.69) is 0 Å². The average Bonchev–Trinajstić information content (AvgIpc) is 2.70. The molecule has 0 aromatic carbocycles. The van der Waals surface area contributed by atoms with E-state index >= 15 is 0 Å². The van der Waals surface area contributed by atoms with Gasteiger partial charge in [0.2, 0.25) is 5.91 Å². The summed E-state index contributed by atoms with van der Waals surface area (Å²) in [5.74, 6) is 0.764. The third-order valence-electron chi connectivity index (χ3n) is 3.70. The van der Waals surface area contributed by atoms with Crippen LogP contribution in [-0.4, -0.2) is 36.1 Å². The summed E-state index contributed by atoms with van der Waals surface area (Å²) in [6.45, 7) is 4.80. The zero-order valence-corrected chi connectivity index (χ0v) is 10.8. The molecule has 3 heteroatoms. The maximum Gasteiger partial charge on any atom is 0.228 e. The predicted molar refractivity (Wildman–Crippen MR) is 65.0 cm³/mol. The Morgan fingerprint density at radius 3 is 2.38 bits per heavy atom. The number of aliphatic hydroxyl groups excluding tert-OH is 1. The highest BCUT2D eigenvalue weighted by atomic mass is 16.3. The molecule has 16 heavy (non-hydrogen) atoms. The molecule has 1 N–H and O–H groups in total. The van der Waals surface area contributed by atoms with Crippen LogP contribution in [0.2, 0.25) is 0 Å². The lowest BCUT2D eigenvalue weighted by Gasteiger charge is -2.27. The fourth-order valence-corrected chi connectivity index (χ4v) is 2.53. The van der Waals surface area contributed by atoms with Crippen molar-refractivity contribution in [3.05, 3.63) is 0 Å². The van der Waals surface area contributed by atoms with Crippen molar-refractivity contribution in [2.75, 3.05) is 20.2 Å². The molecule has 0 radical (unpaired) electrons. The topological polar surface area (TPSA) is 40.5 Å². The third kappa shape index (κ3) is 3.48. The van der Waals surface area contributed by atoms with Gasteiger partial charge in [0, 0.05) is 13.6 Å². The fourth-order valence-electron chi connectivity index (χ4n) is 2.53. The van der Waals surface area contributed by atoms with Crippen molar-refractivity contribution in [2.45, 2.75) is 39.5 Å². The summed E-state index contributed by atoms with van der Waals surface area (Å²) in [5, 5.41) is 9.23. The molecule has 1 saturated carbocycles. The van der Waals surface area contributed by atoms with Gasteiger partial charge >= 0.3 is 0 Å². The van der Waals surface area contributed by atoms with Crippen molar-refractivity contribution in [3.8, 4) is 0 Å². The molecule has 0 spiro atoms. The smallest absolute Gasteiger partial charge is 0.228 e. The fraction of sp³-hybridized carbons (Fsp3) is 0.923. The summed E-state index contributed by atoms with van der Waals surface area (Å²) in [6.07, 6.45) is 5.12. The van der Waals surface area contributed by atoms with E-state index in [1.54, 1.807) is 0 Å². The van der Waals surface area contributed by atoms with Crippen LogP contribution < -0.4 is 0 Å². The Kier molecular flexibility index (Phi) is 5.26. The van der Waals surface area contributed by atoms with Gasteiger partial charge in [0.1, 0.15) is 0 Å². The van der Waals surface area contributed by atoms with Crippen molar-refractivity contribution in [1.82, 2.24) is 4.90 Å². The number of nitrogens with zero attached hydrogens (tertiary/aromatic N) is 1. The van der Waals surface area contributed by atoms with E-state index in [1.807, 2.05) is 25.8 Å². The number of hydrogen-bond donors (Lipinski definition) is 1. The minimum Gasteiger partial charge on any atom is -0.396 e. The second-order valence-electron chi connectivity index (χ2n) is 5.40. The van der Waals surface area contributed by atoms with Gasteiger partial charge < -0.3 is 10.0 Å². The van der Waals surface area contributed by atoms with Crippen LogP contribution in [-0.2, 0) is 4.79 Å². The standard InChI is InChI=1S/C13H25NO2/c1-10(2)12(9-15)13(16)14(3)8-11-6-4-5-7-11/h10-12,15H,4-9H2,1-3H3. The third-order valence-corrected chi connectivity index (χ3v) is 3.70. The first-order chi connectivity index (χ1) is 7.56. The Labute approximate surface area is 98.8 Å². The van der Waals surface area contributed by atoms with Crippen LogP contribution in [0.1, 0.15) is 39.5 Å². The van der Waals surface area contributed by atoms with Crippen molar-refractivity contribution < 1.29 is 9.90 Å². The molecule has 0 aromatic heterocycles. The van der Waals surface area contributed by atoms with Crippen LogP contribution in [0.25, 0.3) is 0 Å². The Hall–Kier alpha value is -0.570. The number of amides is 1. The summed E-state index contributed by atoms with van der Waals surface area (Å²) in [7, 11) is 1.87. The van der Waals surface area contributed by atoms with Gasteiger partial charge in [0.25, 0.3) is 0 Å². The van der Waals surface area contributed by atoms with Gasteiger partial charge in [-0.3, -0.25) is 4.79 Å². The van der Waals surface area contributed by atoms with Crippen molar-refractivity contribution >= 4 is 5.91 Å². The molecule has 3 nitrogen and oxygen atoms in total. The maximum absolute atomic E-state index is 12.1. The zero-order chi connectivity index (χ0) is 12.1. The summed E-state index contributed by atoms with van der Waals surface area (Å²) in [4.78, 5) is 13.9. The Balaban J connectivity index is 2.44. The normalized spacial score (nSPS) is 19.1. The molecule has 0 bridgehead atoms. The minimum atomic E-state index is -0.230. The molecule has 1 rings (SSSR count). The molecule has 0 aromatic rings. The Morgan fingerprint density at radius 1 is 1.38 bits per heavy atom. The van der Waals surface area contributed by atoms with E-state index in [9.17, 15) is 9.90 Å². The van der Waals surface area contributed by atoms with Crippen LogP contribution in [0.5, 0.6) is 0 Å². The lowest BCUT2D eigenvalue weighted by Crippen LogP contribution is -2.39. The highest BCUT2D eigenvalue weighted by Gasteiger charge is 2.26. The molecule has 94 valence electrons. The molecular formula is C13H25NO2. The van der Waals surface area contributed by atoms with E-state index in [0.29, 0.717) is 5.92 Å². The number of carbonyl (C=O) groups is 1. The first-order valence-electron chi connectivity index (χ1n) is 6.42. The maximum atomic E-state index is 12.1. The van der Waals surface area contributed by atoms with Gasteiger partial charge in [-0.1, -0.05) is 26.7 Å². The lowest BCUT2D eigenvalue weighted by atomic mass is 9.95. The molecule has 1 aliphatic carbocycles. The SMILES string of the molecule is CC(C)C(CO)C(=O)N(C)CC1CCCC1. The van der Waals surface area contributed by atoms with Crippen LogP contribution in [0, 0.1) is 17.8 Å². The molecule has 0 saturated heterocycles. The number of carbonyl (C=O) groups excluding carboxylic acids is 1. The van der Waals surface area contributed by atoms with Crippen LogP contribution in [0.3, 0.4) is 0 Å². The van der Waals surface area contributed by atoms with Crippen LogP contribution >= 0.6 is 0 Å². The van der Waals surface area contributed by atoms with E-state index in [4.69, 9.17) is 0 Å². The molecule has 1 fully saturated rings. The lowest BCUT2D eigenvalue weighted by molar-refractivity contribution is -0.137. The van der Waals surface area contributed by atoms with E-state index in [0.717, 1.165) is 6.54 Å². The first kappa shape index (κ1) is 13.5. The van der Waals surface area contributed by atoms with Crippen molar-refractivity contribution in [2.24, 2.45) is 17.8 Å². The van der Waals surface area contributed by atoms with Crippen molar-refractivity contribution in [3.63, 3.8) is 0 Å². The highest BCUT2D eigenvalue weighted by molar-refractivity contribution is 5.78.